The molecule has 0 unspecified atom stereocenters. The van der Waals surface area contributed by atoms with Gasteiger partial charge in [0.1, 0.15) is 12.3 Å². The van der Waals surface area contributed by atoms with Gasteiger partial charge in [-0.05, 0) is 48.4 Å². The smallest absolute Gasteiger partial charge is 0.274 e. The first kappa shape index (κ1) is 22.8. The van der Waals surface area contributed by atoms with Crippen molar-refractivity contribution in [2.45, 2.75) is 31.7 Å². The van der Waals surface area contributed by atoms with Crippen LogP contribution in [0.5, 0.6) is 5.75 Å². The molecule has 38 heavy (non-hydrogen) atoms. The Morgan fingerprint density at radius 2 is 2.00 bits per heavy atom. The maximum Gasteiger partial charge on any atom is 0.274 e. The molecule has 1 aliphatic carbocycles. The molecule has 2 aliphatic heterocycles. The van der Waals surface area contributed by atoms with Crippen LogP contribution >= 0.6 is 0 Å². The fourth-order valence-corrected chi connectivity index (χ4v) is 4.97. The summed E-state index contributed by atoms with van der Waals surface area (Å²) >= 11 is 0. The number of aromatic nitrogens is 7. The van der Waals surface area contributed by atoms with Gasteiger partial charge in [-0.3, -0.25) is 4.79 Å². The number of nitrogens with one attached hydrogen (secondary N) is 1. The van der Waals surface area contributed by atoms with Gasteiger partial charge < -0.3 is 24.3 Å². The Bertz CT molecular complexity index is 1500. The maximum absolute atomic E-state index is 13.5. The average molecular weight is 514 g/mol. The number of anilines is 2. The number of fused-ring (bicyclic) bond motifs is 3. The monoisotopic (exact) mass is 513 g/mol. The standard InChI is InChI=1S/C26H27N9O3/c1-16-14-38-24-18(25-30-31-32-35(16)25)3-2-4-19(24)29-26(36)20-11-22(34-13-21(28-15-34)17-5-6-17)23(12-27-20)33-7-9-37-10-8-33/h2-4,11-13,15-17H,5-10,14H2,1H3,(H,29,36)/t16-/m0/s1. The minimum absolute atomic E-state index is 0.0522. The minimum Gasteiger partial charge on any atom is -0.488 e. The number of carbonyl (C=O) groups excluding carboxylic acids is 1. The summed E-state index contributed by atoms with van der Waals surface area (Å²) in [5.41, 5.74) is 4.45. The number of benzene rings is 1. The number of ether oxygens (including phenoxy) is 2. The van der Waals surface area contributed by atoms with Gasteiger partial charge in [-0.25, -0.2) is 14.6 Å². The zero-order valence-corrected chi connectivity index (χ0v) is 20.9. The third-order valence-corrected chi connectivity index (χ3v) is 7.21. The van der Waals surface area contributed by atoms with E-state index in [-0.39, 0.29) is 11.9 Å². The normalized spacial score (nSPS) is 18.8. The lowest BCUT2D eigenvalue weighted by atomic mass is 10.1. The van der Waals surface area contributed by atoms with Crippen LogP contribution in [0, 0.1) is 0 Å². The number of morpholine rings is 1. The van der Waals surface area contributed by atoms with Gasteiger partial charge in [0.2, 0.25) is 0 Å². The third-order valence-electron chi connectivity index (χ3n) is 7.21. The highest BCUT2D eigenvalue weighted by atomic mass is 16.5. The number of hydrogen-bond donors (Lipinski definition) is 1. The second kappa shape index (κ2) is 9.21. The van der Waals surface area contributed by atoms with Crippen molar-refractivity contribution in [1.29, 1.82) is 0 Å². The van der Waals surface area contributed by atoms with Gasteiger partial charge in [0.15, 0.2) is 11.6 Å². The summed E-state index contributed by atoms with van der Waals surface area (Å²) in [6, 6.07) is 7.31. The molecule has 0 bridgehead atoms. The van der Waals surface area contributed by atoms with E-state index in [4.69, 9.17) is 9.47 Å². The first-order valence-corrected chi connectivity index (χ1v) is 12.9. The van der Waals surface area contributed by atoms with E-state index in [0.717, 1.165) is 35.7 Å². The van der Waals surface area contributed by atoms with E-state index in [9.17, 15) is 4.79 Å². The largest absolute Gasteiger partial charge is 0.488 e. The van der Waals surface area contributed by atoms with Gasteiger partial charge in [-0.1, -0.05) is 6.07 Å². The van der Waals surface area contributed by atoms with Gasteiger partial charge in [0.05, 0.1) is 60.1 Å². The lowest BCUT2D eigenvalue weighted by Crippen LogP contribution is -2.37. The number of imidazole rings is 1. The Kier molecular flexibility index (Phi) is 5.54. The van der Waals surface area contributed by atoms with Crippen LogP contribution in [-0.2, 0) is 4.74 Å². The molecule has 1 saturated carbocycles. The Morgan fingerprint density at radius 3 is 2.84 bits per heavy atom. The minimum atomic E-state index is -0.337. The first-order valence-electron chi connectivity index (χ1n) is 12.9. The highest BCUT2D eigenvalue weighted by Gasteiger charge is 2.28. The van der Waals surface area contributed by atoms with E-state index in [0.29, 0.717) is 48.7 Å². The number of carbonyl (C=O) groups is 1. The second-order valence-corrected chi connectivity index (χ2v) is 9.88. The van der Waals surface area contributed by atoms with Crippen molar-refractivity contribution in [3.05, 3.63) is 54.4 Å². The summed E-state index contributed by atoms with van der Waals surface area (Å²) in [4.78, 5) is 24.9. The summed E-state index contributed by atoms with van der Waals surface area (Å²) in [6.07, 6.45) is 8.00. The molecule has 2 fully saturated rings. The SMILES string of the molecule is C[C@H]1COc2c(NC(=O)c3cc(-n4cnc(C5CC5)c4)c(N4CCOCC4)cn3)cccc2-c2nnnn21. The van der Waals surface area contributed by atoms with Gasteiger partial charge in [-0.2, -0.15) is 0 Å². The van der Waals surface area contributed by atoms with Crippen molar-refractivity contribution in [2.24, 2.45) is 0 Å². The quantitative estimate of drug-likeness (QED) is 0.429. The van der Waals surface area contributed by atoms with E-state index in [2.05, 4.69) is 41.9 Å². The summed E-state index contributed by atoms with van der Waals surface area (Å²) in [5.74, 6) is 1.33. The zero-order chi connectivity index (χ0) is 25.6. The molecule has 1 aromatic carbocycles. The number of para-hydroxylation sites is 1. The Morgan fingerprint density at radius 1 is 1.13 bits per heavy atom. The fraction of sp³-hybridized carbons (Fsp3) is 0.385. The van der Waals surface area contributed by atoms with Crippen molar-refractivity contribution >= 4 is 17.3 Å². The third kappa shape index (κ3) is 4.06. The van der Waals surface area contributed by atoms with E-state index in [1.165, 1.54) is 12.8 Å². The van der Waals surface area contributed by atoms with E-state index in [1.807, 2.05) is 42.1 Å². The molecule has 3 aromatic heterocycles. The van der Waals surface area contributed by atoms with Crippen LogP contribution in [0.15, 0.2) is 43.0 Å². The average Bonchev–Trinajstić information content (AvgIpc) is 3.51. The number of nitrogens with zero attached hydrogens (tertiary/aromatic N) is 8. The molecule has 12 nitrogen and oxygen atoms in total. The van der Waals surface area contributed by atoms with E-state index >= 15 is 0 Å². The number of tetrazole rings is 1. The van der Waals surface area contributed by atoms with E-state index in [1.54, 1.807) is 10.9 Å². The van der Waals surface area contributed by atoms with Crippen molar-refractivity contribution in [3.8, 4) is 22.8 Å². The predicted molar refractivity (Wildman–Crippen MR) is 138 cm³/mol. The lowest BCUT2D eigenvalue weighted by molar-refractivity contribution is 0.102. The molecular formula is C26H27N9O3. The topological polar surface area (TPSA) is 125 Å². The molecule has 194 valence electrons. The highest BCUT2D eigenvalue weighted by molar-refractivity contribution is 6.05. The van der Waals surface area contributed by atoms with Crippen LogP contribution in [0.25, 0.3) is 17.1 Å². The van der Waals surface area contributed by atoms with Gasteiger partial charge in [-0.15, -0.1) is 5.10 Å². The van der Waals surface area contributed by atoms with Gasteiger partial charge >= 0.3 is 0 Å². The molecule has 5 heterocycles. The summed E-state index contributed by atoms with van der Waals surface area (Å²) in [6.45, 7) is 5.18. The molecule has 1 N–H and O–H groups in total. The molecule has 1 saturated heterocycles. The zero-order valence-electron chi connectivity index (χ0n) is 20.9. The van der Waals surface area contributed by atoms with Crippen LogP contribution < -0.4 is 15.0 Å². The molecule has 0 spiro atoms. The lowest BCUT2D eigenvalue weighted by Gasteiger charge is -2.30. The molecule has 0 radical (unpaired) electrons. The van der Waals surface area contributed by atoms with Crippen molar-refractivity contribution in [1.82, 2.24) is 34.7 Å². The molecule has 12 heteroatoms. The van der Waals surface area contributed by atoms with Crippen molar-refractivity contribution in [3.63, 3.8) is 0 Å². The molecule has 1 amide bonds. The predicted octanol–water partition coefficient (Wildman–Crippen LogP) is 2.84. The molecule has 7 rings (SSSR count). The van der Waals surface area contributed by atoms with Crippen LogP contribution in [0.1, 0.15) is 47.9 Å². The molecular weight excluding hydrogens is 486 g/mol. The number of rotatable bonds is 5. The van der Waals surface area contributed by atoms with Gasteiger partial charge in [0.25, 0.3) is 5.91 Å². The van der Waals surface area contributed by atoms with E-state index < -0.39 is 0 Å². The maximum atomic E-state index is 13.5. The van der Waals surface area contributed by atoms with Crippen molar-refractivity contribution < 1.29 is 14.3 Å². The van der Waals surface area contributed by atoms with Gasteiger partial charge in [0, 0.05) is 25.2 Å². The Balaban J connectivity index is 1.23. The summed E-state index contributed by atoms with van der Waals surface area (Å²) in [5, 5.41) is 15.1. The molecule has 1 atom stereocenters. The molecule has 3 aliphatic rings. The number of hydrogen-bond acceptors (Lipinski definition) is 9. The van der Waals surface area contributed by atoms with Crippen LogP contribution in [-0.4, -0.2) is 73.6 Å². The summed E-state index contributed by atoms with van der Waals surface area (Å²) in [7, 11) is 0. The second-order valence-electron chi connectivity index (χ2n) is 9.88. The highest BCUT2D eigenvalue weighted by Crippen LogP contribution is 2.40. The molecule has 4 aromatic rings. The van der Waals surface area contributed by atoms with Crippen LogP contribution in [0.2, 0.25) is 0 Å². The fourth-order valence-electron chi connectivity index (χ4n) is 4.97. The number of amides is 1. The van der Waals surface area contributed by atoms with Crippen molar-refractivity contribution in [2.75, 3.05) is 43.1 Å². The summed E-state index contributed by atoms with van der Waals surface area (Å²) < 4.78 is 15.4. The van der Waals surface area contributed by atoms with Crippen LogP contribution in [0.4, 0.5) is 11.4 Å². The Hall–Kier alpha value is -4.32. The Labute approximate surface area is 218 Å². The van der Waals surface area contributed by atoms with Crippen LogP contribution in [0.3, 0.4) is 0 Å². The number of pyridine rings is 1. The first-order chi connectivity index (χ1) is 18.7.